The number of aromatic nitrogens is 2. The zero-order valence-corrected chi connectivity index (χ0v) is 8.65. The van der Waals surface area contributed by atoms with Crippen LogP contribution in [0.2, 0.25) is 0 Å². The van der Waals surface area contributed by atoms with Crippen molar-refractivity contribution in [1.29, 1.82) is 0 Å². The van der Waals surface area contributed by atoms with Crippen LogP contribution in [0.4, 0.5) is 0 Å². The van der Waals surface area contributed by atoms with Gasteiger partial charge in [-0.05, 0) is 6.08 Å². The van der Waals surface area contributed by atoms with Crippen LogP contribution in [0.1, 0.15) is 5.82 Å². The van der Waals surface area contributed by atoms with Crippen molar-refractivity contribution < 1.29 is 0 Å². The number of hydrogen-bond donors (Lipinski definition) is 0. The Labute approximate surface area is 80.5 Å². The van der Waals surface area contributed by atoms with Gasteiger partial charge in [0.25, 0.3) is 0 Å². The molecule has 1 aliphatic heterocycles. The quantitative estimate of drug-likeness (QED) is 0.704. The van der Waals surface area contributed by atoms with Gasteiger partial charge in [-0.15, -0.1) is 34.0 Å². The molecule has 0 radical (unpaired) electrons. The van der Waals surface area contributed by atoms with Crippen LogP contribution >= 0.6 is 34.0 Å². The van der Waals surface area contributed by atoms with Crippen LogP contribution in [0.15, 0.2) is 18.5 Å². The van der Waals surface area contributed by atoms with Gasteiger partial charge in [-0.3, -0.25) is 0 Å². The lowest BCUT2D eigenvalue weighted by molar-refractivity contribution is 0.837. The van der Waals surface area contributed by atoms with E-state index in [1.165, 1.54) is 0 Å². The van der Waals surface area contributed by atoms with Crippen LogP contribution in [-0.2, 0) is 6.54 Å². The van der Waals surface area contributed by atoms with Gasteiger partial charge < -0.3 is 4.57 Å². The van der Waals surface area contributed by atoms with E-state index >= 15 is 0 Å². The Morgan fingerprint density at radius 1 is 1.40 bits per heavy atom. The summed E-state index contributed by atoms with van der Waals surface area (Å²) in [5.41, 5.74) is 0. The lowest BCUT2D eigenvalue weighted by Gasteiger charge is -1.88. The first-order chi connectivity index (χ1) is 3.97. The third-order valence-electron chi connectivity index (χ3n) is 1.32. The first-order valence-corrected chi connectivity index (χ1v) is 2.64. The highest BCUT2D eigenvalue weighted by Crippen LogP contribution is 2.06. The summed E-state index contributed by atoms with van der Waals surface area (Å²) < 4.78 is 2.10. The van der Waals surface area contributed by atoms with E-state index in [2.05, 4.69) is 15.6 Å². The molecular formula is C6H8Br2N2. The molecule has 0 fully saturated rings. The molecule has 0 bridgehead atoms. The second-order valence-electron chi connectivity index (χ2n) is 1.84. The predicted octanol–water partition coefficient (Wildman–Crippen LogP) is 2.07. The Morgan fingerprint density at radius 3 is 2.90 bits per heavy atom. The van der Waals surface area contributed by atoms with Crippen LogP contribution in [-0.4, -0.2) is 9.55 Å². The summed E-state index contributed by atoms with van der Waals surface area (Å²) >= 11 is 0. The maximum atomic E-state index is 4.07. The van der Waals surface area contributed by atoms with E-state index in [0.717, 1.165) is 12.4 Å². The minimum absolute atomic E-state index is 0. The van der Waals surface area contributed by atoms with Crippen molar-refractivity contribution >= 4 is 40.0 Å². The largest absolute Gasteiger partial charge is 0.328 e. The van der Waals surface area contributed by atoms with E-state index in [0.29, 0.717) is 0 Å². The molecule has 0 atom stereocenters. The fourth-order valence-corrected chi connectivity index (χ4v) is 0.906. The number of nitrogens with zero attached hydrogens (tertiary/aromatic N) is 2. The van der Waals surface area contributed by atoms with Crippen LogP contribution in [0.3, 0.4) is 0 Å². The molecule has 0 amide bonds. The minimum atomic E-state index is 0. The average Bonchev–Trinajstić information content (AvgIpc) is 2.15. The number of imidazole rings is 1. The van der Waals surface area contributed by atoms with E-state index < -0.39 is 0 Å². The molecule has 2 heterocycles. The number of hydrogen-bond acceptors (Lipinski definition) is 1. The van der Waals surface area contributed by atoms with Gasteiger partial charge >= 0.3 is 0 Å². The van der Waals surface area contributed by atoms with Crippen LogP contribution in [0.25, 0.3) is 6.08 Å². The molecule has 1 aromatic rings. The van der Waals surface area contributed by atoms with E-state index in [4.69, 9.17) is 0 Å². The van der Waals surface area contributed by atoms with Gasteiger partial charge in [0.05, 0.1) is 0 Å². The smallest absolute Gasteiger partial charge is 0.132 e. The second-order valence-corrected chi connectivity index (χ2v) is 1.84. The molecule has 10 heavy (non-hydrogen) atoms. The molecule has 0 unspecified atom stereocenters. The molecule has 56 valence electrons. The first-order valence-electron chi connectivity index (χ1n) is 2.64. The lowest BCUT2D eigenvalue weighted by Crippen LogP contribution is -1.88. The Morgan fingerprint density at radius 2 is 2.20 bits per heavy atom. The molecule has 0 saturated heterocycles. The summed E-state index contributed by atoms with van der Waals surface area (Å²) in [5, 5.41) is 0. The van der Waals surface area contributed by atoms with Gasteiger partial charge in [0.1, 0.15) is 5.82 Å². The molecule has 1 aromatic heterocycles. The number of allylic oxidation sites excluding steroid dienone is 1. The van der Waals surface area contributed by atoms with Crippen molar-refractivity contribution in [3.63, 3.8) is 0 Å². The highest BCUT2D eigenvalue weighted by molar-refractivity contribution is 8.93. The van der Waals surface area contributed by atoms with Gasteiger partial charge in [0.15, 0.2) is 0 Å². The normalized spacial score (nSPS) is 11.6. The van der Waals surface area contributed by atoms with E-state index in [1.807, 2.05) is 18.5 Å². The van der Waals surface area contributed by atoms with Crippen molar-refractivity contribution in [1.82, 2.24) is 9.55 Å². The average molecular weight is 268 g/mol. The summed E-state index contributed by atoms with van der Waals surface area (Å²) in [6.45, 7) is 0.995. The van der Waals surface area contributed by atoms with Crippen LogP contribution in [0, 0.1) is 0 Å². The molecule has 1 aliphatic rings. The summed E-state index contributed by atoms with van der Waals surface area (Å²) in [5.74, 6) is 1.07. The van der Waals surface area contributed by atoms with E-state index in [1.54, 1.807) is 0 Å². The number of rotatable bonds is 0. The third-order valence-corrected chi connectivity index (χ3v) is 1.32. The zero-order chi connectivity index (χ0) is 5.40. The SMILES string of the molecule is Br.Br.C1=Cc2nccn2C1. The van der Waals surface area contributed by atoms with Crippen molar-refractivity contribution in [2.24, 2.45) is 0 Å². The molecule has 2 rings (SSSR count). The van der Waals surface area contributed by atoms with Crippen molar-refractivity contribution in [2.45, 2.75) is 6.54 Å². The Bertz CT molecular complexity index is 229. The minimum Gasteiger partial charge on any atom is -0.328 e. The predicted molar refractivity (Wildman–Crippen MR) is 51.9 cm³/mol. The van der Waals surface area contributed by atoms with Crippen molar-refractivity contribution in [2.75, 3.05) is 0 Å². The highest BCUT2D eigenvalue weighted by Gasteiger charge is 2.00. The molecule has 0 aliphatic carbocycles. The molecule has 0 spiro atoms. The third kappa shape index (κ3) is 1.49. The maximum Gasteiger partial charge on any atom is 0.132 e. The van der Waals surface area contributed by atoms with Crippen LogP contribution < -0.4 is 0 Å². The van der Waals surface area contributed by atoms with E-state index in [9.17, 15) is 0 Å². The van der Waals surface area contributed by atoms with Gasteiger partial charge in [0, 0.05) is 18.9 Å². The first kappa shape index (κ1) is 9.91. The molecule has 0 aromatic carbocycles. The Hall–Kier alpha value is -0.0900. The Kier molecular flexibility index (Phi) is 3.89. The van der Waals surface area contributed by atoms with Gasteiger partial charge in [0.2, 0.25) is 0 Å². The fraction of sp³-hybridized carbons (Fsp3) is 0.167. The summed E-state index contributed by atoms with van der Waals surface area (Å²) in [6.07, 6.45) is 7.93. The van der Waals surface area contributed by atoms with Crippen LogP contribution in [0.5, 0.6) is 0 Å². The van der Waals surface area contributed by atoms with Crippen molar-refractivity contribution in [3.05, 3.63) is 24.3 Å². The zero-order valence-electron chi connectivity index (χ0n) is 5.23. The summed E-state index contributed by atoms with van der Waals surface area (Å²) in [7, 11) is 0. The fourth-order valence-electron chi connectivity index (χ4n) is 0.906. The highest BCUT2D eigenvalue weighted by atomic mass is 79.9. The monoisotopic (exact) mass is 266 g/mol. The molecule has 0 N–H and O–H groups in total. The second kappa shape index (κ2) is 3.93. The summed E-state index contributed by atoms with van der Waals surface area (Å²) in [4.78, 5) is 4.07. The maximum absolute atomic E-state index is 4.07. The van der Waals surface area contributed by atoms with Gasteiger partial charge in [-0.2, -0.15) is 0 Å². The molecule has 2 nitrogen and oxygen atoms in total. The van der Waals surface area contributed by atoms with Gasteiger partial charge in [-0.1, -0.05) is 6.08 Å². The number of halogens is 2. The molecule has 4 heteroatoms. The topological polar surface area (TPSA) is 17.8 Å². The van der Waals surface area contributed by atoms with Crippen molar-refractivity contribution in [3.8, 4) is 0 Å². The van der Waals surface area contributed by atoms with Gasteiger partial charge in [-0.25, -0.2) is 4.98 Å². The number of fused-ring (bicyclic) bond motifs is 1. The molecule has 0 saturated carbocycles. The standard InChI is InChI=1S/C6H6N2.2BrH/c1-2-6-7-3-5-8(6)4-1;;/h1-3,5H,4H2;2*1H. The molecular weight excluding hydrogens is 260 g/mol. The lowest BCUT2D eigenvalue weighted by atomic mass is 10.5. The Balaban J connectivity index is 0.000000405. The summed E-state index contributed by atoms with van der Waals surface area (Å²) in [6, 6.07) is 0. The van der Waals surface area contributed by atoms with E-state index in [-0.39, 0.29) is 34.0 Å².